The number of benzene rings is 2. The first-order valence-corrected chi connectivity index (χ1v) is 14.1. The van der Waals surface area contributed by atoms with Crippen molar-refractivity contribution < 1.29 is 27.5 Å². The number of carbonyl (C=O) groups excluding carboxylic acids is 2. The van der Waals surface area contributed by atoms with Crippen LogP contribution in [0.15, 0.2) is 36.4 Å². The minimum Gasteiger partial charge on any atom is -0.496 e. The van der Waals surface area contributed by atoms with E-state index < -0.39 is 23.7 Å². The van der Waals surface area contributed by atoms with E-state index in [4.69, 9.17) is 33.2 Å². The van der Waals surface area contributed by atoms with E-state index in [9.17, 15) is 22.8 Å². The van der Waals surface area contributed by atoms with Gasteiger partial charge in [0, 0.05) is 50.5 Å². The highest BCUT2D eigenvalue weighted by Crippen LogP contribution is 2.39. The van der Waals surface area contributed by atoms with Gasteiger partial charge in [0.05, 0.1) is 34.8 Å². The van der Waals surface area contributed by atoms with E-state index in [2.05, 4.69) is 11.0 Å². The zero-order chi connectivity index (χ0) is 29.9. The summed E-state index contributed by atoms with van der Waals surface area (Å²) in [6.07, 6.45) is -2.92. The molecule has 0 bridgehead atoms. The molecule has 2 saturated heterocycles. The quantitative estimate of drug-likeness (QED) is 0.401. The van der Waals surface area contributed by atoms with Crippen molar-refractivity contribution >= 4 is 35.0 Å². The third-order valence-electron chi connectivity index (χ3n) is 8.02. The van der Waals surface area contributed by atoms with Crippen LogP contribution < -0.4 is 4.74 Å². The van der Waals surface area contributed by atoms with Crippen LogP contribution in [0.1, 0.15) is 46.7 Å². The molecular formula is C29H31Cl2F3N4O3. The van der Waals surface area contributed by atoms with Crippen molar-refractivity contribution in [2.24, 2.45) is 5.92 Å². The molecular weight excluding hydrogens is 580 g/mol. The van der Waals surface area contributed by atoms with Crippen molar-refractivity contribution in [3.05, 3.63) is 63.1 Å². The number of methoxy groups -OCH3 is 1. The van der Waals surface area contributed by atoms with Gasteiger partial charge in [0.15, 0.2) is 0 Å². The maximum Gasteiger partial charge on any atom is 0.419 e. The van der Waals surface area contributed by atoms with Gasteiger partial charge < -0.3 is 19.4 Å². The summed E-state index contributed by atoms with van der Waals surface area (Å²) in [5.41, 5.74) is -0.399. The normalized spacial score (nSPS) is 20.1. The number of nitrogens with zero attached hydrogens (tertiary/aromatic N) is 4. The molecule has 0 N–H and O–H groups in total. The van der Waals surface area contributed by atoms with Gasteiger partial charge in [-0.2, -0.15) is 18.4 Å². The Kier molecular flexibility index (Phi) is 9.73. The van der Waals surface area contributed by atoms with E-state index in [-0.39, 0.29) is 35.6 Å². The van der Waals surface area contributed by atoms with E-state index in [1.54, 1.807) is 23.1 Å². The smallest absolute Gasteiger partial charge is 0.419 e. The monoisotopic (exact) mass is 610 g/mol. The van der Waals surface area contributed by atoms with Crippen molar-refractivity contribution in [1.82, 2.24) is 14.7 Å². The van der Waals surface area contributed by atoms with Gasteiger partial charge in [0.2, 0.25) is 5.91 Å². The van der Waals surface area contributed by atoms with Crippen molar-refractivity contribution in [2.45, 2.75) is 37.4 Å². The number of halogens is 5. The molecule has 2 aromatic rings. The first kappa shape index (κ1) is 30.9. The number of nitriles is 1. The second-order valence-corrected chi connectivity index (χ2v) is 11.3. The number of amides is 2. The number of piperidine rings is 1. The fourth-order valence-corrected chi connectivity index (χ4v) is 6.02. The number of hydrogen-bond donors (Lipinski definition) is 0. The second kappa shape index (κ2) is 12.9. The van der Waals surface area contributed by atoms with E-state index in [0.717, 1.165) is 37.9 Å². The molecule has 0 radical (unpaired) electrons. The number of alkyl halides is 3. The molecule has 0 unspecified atom stereocenters. The number of carbonyl (C=O) groups is 2. The van der Waals surface area contributed by atoms with Crippen molar-refractivity contribution in [3.63, 3.8) is 0 Å². The Bertz CT molecular complexity index is 1330. The molecule has 2 amide bonds. The van der Waals surface area contributed by atoms with Gasteiger partial charge in [-0.25, -0.2) is 0 Å². The summed E-state index contributed by atoms with van der Waals surface area (Å²) in [5.74, 6) is -1.51. The van der Waals surface area contributed by atoms with E-state index in [0.29, 0.717) is 42.4 Å². The zero-order valence-electron chi connectivity index (χ0n) is 22.8. The van der Waals surface area contributed by atoms with Gasteiger partial charge in [0.1, 0.15) is 5.75 Å². The summed E-state index contributed by atoms with van der Waals surface area (Å²) < 4.78 is 45.8. The lowest BCUT2D eigenvalue weighted by molar-refractivity contribution is -0.139. The molecule has 41 heavy (non-hydrogen) atoms. The molecule has 2 heterocycles. The SMILES string of the molecule is COc1ccc(C(=O)N(C)[C@@H]2CN(C(=O)C3CCN(CCC#N)CC3)C[C@H]2c2ccc(Cl)c(Cl)c2)cc1C(F)(F)F. The van der Waals surface area contributed by atoms with Crippen molar-refractivity contribution in [3.8, 4) is 11.8 Å². The summed E-state index contributed by atoms with van der Waals surface area (Å²) in [6.45, 7) is 2.68. The van der Waals surface area contributed by atoms with Crippen LogP contribution in [0.4, 0.5) is 13.2 Å². The fourth-order valence-electron chi connectivity index (χ4n) is 5.72. The first-order valence-electron chi connectivity index (χ1n) is 13.3. The third kappa shape index (κ3) is 6.91. The molecule has 2 aliphatic heterocycles. The van der Waals surface area contributed by atoms with Crippen LogP contribution in [0, 0.1) is 17.2 Å². The van der Waals surface area contributed by atoms with Gasteiger partial charge >= 0.3 is 6.18 Å². The Morgan fingerprint density at radius 3 is 2.41 bits per heavy atom. The standard InChI is InChI=1S/C29H31Cl2F3N4O3/c1-36(27(39)20-5-7-26(41-2)22(14-20)29(32,33)34)25-17-38(16-21(25)19-4-6-23(30)24(31)15-19)28(40)18-8-12-37(13-9-18)11-3-10-35/h4-7,14-15,18,21,25H,3,8-9,11-13,16-17H2,1-2H3/t21-,25+/m0/s1. The Hall–Kier alpha value is -3.00. The molecule has 220 valence electrons. The summed E-state index contributed by atoms with van der Waals surface area (Å²) in [4.78, 5) is 32.5. The van der Waals surface area contributed by atoms with Gasteiger partial charge in [-0.05, 0) is 61.8 Å². The molecule has 4 rings (SSSR count). The predicted octanol–water partition coefficient (Wildman–Crippen LogP) is 5.71. The minimum atomic E-state index is -4.70. The van der Waals surface area contributed by atoms with E-state index >= 15 is 0 Å². The Morgan fingerprint density at radius 1 is 1.10 bits per heavy atom. The zero-order valence-corrected chi connectivity index (χ0v) is 24.3. The largest absolute Gasteiger partial charge is 0.496 e. The third-order valence-corrected chi connectivity index (χ3v) is 8.76. The molecule has 0 saturated carbocycles. The average molecular weight is 611 g/mol. The molecule has 2 aromatic carbocycles. The fraction of sp³-hybridized carbons (Fsp3) is 0.483. The maximum atomic E-state index is 13.6. The van der Waals surface area contributed by atoms with Gasteiger partial charge in [-0.3, -0.25) is 9.59 Å². The van der Waals surface area contributed by atoms with E-state index in [1.807, 2.05) is 0 Å². The van der Waals surface area contributed by atoms with E-state index in [1.165, 1.54) is 18.0 Å². The molecule has 12 heteroatoms. The van der Waals surface area contributed by atoms with Crippen LogP contribution >= 0.6 is 23.2 Å². The topological polar surface area (TPSA) is 76.9 Å². The van der Waals surface area contributed by atoms with Crippen molar-refractivity contribution in [2.75, 3.05) is 46.9 Å². The lowest BCUT2D eigenvalue weighted by atomic mass is 9.93. The van der Waals surface area contributed by atoms with Crippen LogP contribution in [0.2, 0.25) is 10.0 Å². The van der Waals surface area contributed by atoms with Gasteiger partial charge in [-0.1, -0.05) is 29.3 Å². The van der Waals surface area contributed by atoms with Crippen LogP contribution in [-0.4, -0.2) is 79.4 Å². The highest BCUT2D eigenvalue weighted by atomic mass is 35.5. The van der Waals surface area contributed by atoms with Gasteiger partial charge in [0.25, 0.3) is 5.91 Å². The Balaban J connectivity index is 1.58. The Morgan fingerprint density at radius 2 is 1.80 bits per heavy atom. The summed E-state index contributed by atoms with van der Waals surface area (Å²) in [7, 11) is 2.68. The van der Waals surface area contributed by atoms with Crippen molar-refractivity contribution in [1.29, 1.82) is 5.26 Å². The molecule has 0 aliphatic carbocycles. The minimum absolute atomic E-state index is 0.0119. The van der Waals surface area contributed by atoms with Crippen LogP contribution in [-0.2, 0) is 11.0 Å². The number of rotatable bonds is 7. The van der Waals surface area contributed by atoms with Crippen LogP contribution in [0.25, 0.3) is 0 Å². The number of ether oxygens (including phenoxy) is 1. The molecule has 2 fully saturated rings. The lowest BCUT2D eigenvalue weighted by Crippen LogP contribution is -2.44. The number of likely N-dealkylation sites (N-methyl/N-ethyl adjacent to an activating group) is 1. The molecule has 0 aromatic heterocycles. The molecule has 0 spiro atoms. The Labute approximate surface area is 247 Å². The maximum absolute atomic E-state index is 13.6. The molecule has 2 atom stereocenters. The summed E-state index contributed by atoms with van der Waals surface area (Å²) in [6, 6.07) is 10.0. The first-order chi connectivity index (χ1) is 19.4. The number of likely N-dealkylation sites (tertiary alicyclic amines) is 2. The number of hydrogen-bond acceptors (Lipinski definition) is 5. The van der Waals surface area contributed by atoms with Crippen LogP contribution in [0.5, 0.6) is 5.75 Å². The molecule has 2 aliphatic rings. The summed E-state index contributed by atoms with van der Waals surface area (Å²) >= 11 is 12.4. The lowest BCUT2D eigenvalue weighted by Gasteiger charge is -2.33. The predicted molar refractivity (Wildman–Crippen MR) is 149 cm³/mol. The highest BCUT2D eigenvalue weighted by Gasteiger charge is 2.43. The van der Waals surface area contributed by atoms with Gasteiger partial charge in [-0.15, -0.1) is 0 Å². The summed E-state index contributed by atoms with van der Waals surface area (Å²) in [5, 5.41) is 9.54. The average Bonchev–Trinajstić information content (AvgIpc) is 3.41. The molecule has 7 nitrogen and oxygen atoms in total. The second-order valence-electron chi connectivity index (χ2n) is 10.4. The highest BCUT2D eigenvalue weighted by molar-refractivity contribution is 6.42. The van der Waals surface area contributed by atoms with Crippen LogP contribution in [0.3, 0.4) is 0 Å².